The third kappa shape index (κ3) is 5.46. The molecule has 1 aliphatic heterocycles. The van der Waals surface area contributed by atoms with Crippen molar-refractivity contribution in [2.24, 2.45) is 11.7 Å². The second kappa shape index (κ2) is 8.64. The van der Waals surface area contributed by atoms with Gasteiger partial charge < -0.3 is 21.3 Å². The molecule has 0 radical (unpaired) electrons. The Balaban J connectivity index is 2.68. The largest absolute Gasteiger partial charge is 0.383 e. The normalized spacial score (nSPS) is 21.7. The number of carbonyl (C=O) groups is 2. The summed E-state index contributed by atoms with van der Waals surface area (Å²) in [4.78, 5) is 26.8. The van der Waals surface area contributed by atoms with Gasteiger partial charge in [0.2, 0.25) is 11.8 Å². The number of likely N-dealkylation sites (tertiary alicyclic amines) is 1. The van der Waals surface area contributed by atoms with Crippen LogP contribution in [0.4, 0.5) is 0 Å². The van der Waals surface area contributed by atoms with Gasteiger partial charge in [0, 0.05) is 6.54 Å². The van der Waals surface area contributed by atoms with Crippen LogP contribution in [0.2, 0.25) is 0 Å². The molecule has 4 unspecified atom stereocenters. The molecule has 1 aliphatic rings. The van der Waals surface area contributed by atoms with Crippen molar-refractivity contribution in [1.82, 2.24) is 15.5 Å². The summed E-state index contributed by atoms with van der Waals surface area (Å²) in [5.41, 5.74) is 5.53. The van der Waals surface area contributed by atoms with Crippen LogP contribution in [0.15, 0.2) is 0 Å². The van der Waals surface area contributed by atoms with E-state index < -0.39 is 12.1 Å². The van der Waals surface area contributed by atoms with Crippen molar-refractivity contribution >= 4 is 36.9 Å². The Hall–Kier alpha value is -1.15. The number of hydrogen-bond donors (Lipinski definition) is 3. The first-order valence-corrected chi connectivity index (χ1v) is 8.72. The summed E-state index contributed by atoms with van der Waals surface area (Å²) in [6.45, 7) is 8.20. The highest BCUT2D eigenvalue weighted by atomic mass is 32.1. The quantitative estimate of drug-likeness (QED) is 0.442. The van der Waals surface area contributed by atoms with Gasteiger partial charge >= 0.3 is 0 Å². The molecule has 0 saturated carbocycles. The summed E-state index contributed by atoms with van der Waals surface area (Å²) in [5, 5.41) is 5.99. The number of thiocarbonyl (C=S) groups is 1. The van der Waals surface area contributed by atoms with E-state index in [2.05, 4.69) is 32.3 Å². The summed E-state index contributed by atoms with van der Waals surface area (Å²) in [5.74, 6) is 0.289. The van der Waals surface area contributed by atoms with Crippen LogP contribution in [0.3, 0.4) is 0 Å². The lowest BCUT2D eigenvalue weighted by Gasteiger charge is -2.31. The molecule has 0 aromatic rings. The first kappa shape index (κ1) is 19.9. The molecule has 4 atom stereocenters. The van der Waals surface area contributed by atoms with Crippen molar-refractivity contribution in [3.8, 4) is 0 Å². The number of carbonyl (C=O) groups excluding carboxylic acids is 2. The standard InChI is InChI=1S/C15H29BN4O2S/c1-8(2)12(16)19-14(23)11-6-5-7-20(11)15(22)10(4)18-13(21)9(3)17/h8-12H,5-7,16-17H2,1-4H3,(H,18,21)(H,19,23). The Morgan fingerprint density at radius 1 is 1.26 bits per heavy atom. The average molecular weight is 340 g/mol. The molecule has 1 fully saturated rings. The SMILES string of the molecule is BC(NC(=S)C1CCCN1C(=O)C(C)NC(=O)C(C)N)C(C)C. The zero-order valence-electron chi connectivity index (χ0n) is 14.8. The molecular weight excluding hydrogens is 311 g/mol. The number of nitrogens with two attached hydrogens (primary N) is 1. The number of rotatable bonds is 6. The van der Waals surface area contributed by atoms with Crippen LogP contribution in [0.1, 0.15) is 40.5 Å². The fourth-order valence-corrected chi connectivity index (χ4v) is 2.88. The molecule has 1 heterocycles. The van der Waals surface area contributed by atoms with Gasteiger partial charge in [-0.1, -0.05) is 26.1 Å². The molecule has 0 bridgehead atoms. The Labute approximate surface area is 145 Å². The lowest BCUT2D eigenvalue weighted by atomic mass is 9.86. The van der Waals surface area contributed by atoms with Crippen molar-refractivity contribution in [2.75, 3.05) is 6.54 Å². The summed E-state index contributed by atoms with van der Waals surface area (Å²) in [6, 6.07) is -1.32. The van der Waals surface area contributed by atoms with Crippen LogP contribution < -0.4 is 16.4 Å². The van der Waals surface area contributed by atoms with Crippen molar-refractivity contribution in [2.45, 2.75) is 64.6 Å². The van der Waals surface area contributed by atoms with Crippen LogP contribution in [-0.2, 0) is 9.59 Å². The zero-order valence-corrected chi connectivity index (χ0v) is 15.6. The molecule has 1 saturated heterocycles. The second-order valence-electron chi connectivity index (χ2n) is 6.75. The molecule has 1 rings (SSSR count). The molecule has 4 N–H and O–H groups in total. The first-order chi connectivity index (χ1) is 10.6. The van der Waals surface area contributed by atoms with E-state index in [1.54, 1.807) is 18.7 Å². The predicted molar refractivity (Wildman–Crippen MR) is 98.9 cm³/mol. The van der Waals surface area contributed by atoms with Gasteiger partial charge in [0.05, 0.1) is 17.1 Å². The first-order valence-electron chi connectivity index (χ1n) is 8.32. The second-order valence-corrected chi connectivity index (χ2v) is 7.19. The van der Waals surface area contributed by atoms with Crippen molar-refractivity contribution in [3.63, 3.8) is 0 Å². The summed E-state index contributed by atoms with van der Waals surface area (Å²) in [7, 11) is 2.09. The van der Waals surface area contributed by atoms with Crippen molar-refractivity contribution in [3.05, 3.63) is 0 Å². The minimum absolute atomic E-state index is 0.0895. The van der Waals surface area contributed by atoms with Crippen LogP contribution in [-0.4, -0.2) is 60.2 Å². The molecule has 23 heavy (non-hydrogen) atoms. The molecule has 0 spiro atoms. The summed E-state index contributed by atoms with van der Waals surface area (Å²) in [6.07, 6.45) is 1.78. The van der Waals surface area contributed by atoms with Crippen LogP contribution in [0.5, 0.6) is 0 Å². The lowest BCUT2D eigenvalue weighted by molar-refractivity contribution is -0.136. The summed E-state index contributed by atoms with van der Waals surface area (Å²) >= 11 is 5.51. The Morgan fingerprint density at radius 3 is 2.39 bits per heavy atom. The van der Waals surface area contributed by atoms with E-state index in [-0.39, 0.29) is 23.8 Å². The van der Waals surface area contributed by atoms with E-state index in [1.165, 1.54) is 0 Å². The van der Waals surface area contributed by atoms with E-state index in [1.807, 2.05) is 0 Å². The Morgan fingerprint density at radius 2 is 1.87 bits per heavy atom. The maximum Gasteiger partial charge on any atom is 0.245 e. The molecule has 2 amide bonds. The predicted octanol–water partition coefficient (Wildman–Crippen LogP) is -0.638. The topological polar surface area (TPSA) is 87.5 Å². The van der Waals surface area contributed by atoms with Crippen molar-refractivity contribution < 1.29 is 9.59 Å². The van der Waals surface area contributed by atoms with Crippen LogP contribution >= 0.6 is 12.2 Å². The number of hydrogen-bond acceptors (Lipinski definition) is 4. The maximum atomic E-state index is 12.6. The third-order valence-electron chi connectivity index (χ3n) is 4.35. The highest BCUT2D eigenvalue weighted by Gasteiger charge is 2.35. The summed E-state index contributed by atoms with van der Waals surface area (Å²) < 4.78 is 0. The van der Waals surface area contributed by atoms with Gasteiger partial charge in [-0.05, 0) is 38.5 Å². The fraction of sp³-hybridized carbons (Fsp3) is 0.800. The van der Waals surface area contributed by atoms with Gasteiger partial charge in [-0.15, -0.1) is 0 Å². The van der Waals surface area contributed by atoms with E-state index >= 15 is 0 Å². The number of nitrogens with zero attached hydrogens (tertiary/aromatic N) is 1. The Kier molecular flexibility index (Phi) is 7.47. The monoisotopic (exact) mass is 340 g/mol. The van der Waals surface area contributed by atoms with Gasteiger partial charge in [-0.3, -0.25) is 9.59 Å². The van der Waals surface area contributed by atoms with E-state index in [9.17, 15) is 9.59 Å². The van der Waals surface area contributed by atoms with Crippen LogP contribution in [0.25, 0.3) is 0 Å². The lowest BCUT2D eigenvalue weighted by Crippen LogP contribution is -2.55. The van der Waals surface area contributed by atoms with Crippen LogP contribution in [0, 0.1) is 5.92 Å². The van der Waals surface area contributed by atoms with Gasteiger partial charge in [0.15, 0.2) is 0 Å². The third-order valence-corrected chi connectivity index (χ3v) is 4.74. The van der Waals surface area contributed by atoms with Gasteiger partial charge in [-0.2, -0.15) is 0 Å². The average Bonchev–Trinajstić information content (AvgIpc) is 2.95. The fourth-order valence-electron chi connectivity index (χ4n) is 2.45. The van der Waals surface area contributed by atoms with E-state index in [0.717, 1.165) is 12.8 Å². The molecule has 0 aromatic heterocycles. The zero-order chi connectivity index (χ0) is 17.7. The maximum absolute atomic E-state index is 12.6. The molecule has 0 aliphatic carbocycles. The van der Waals surface area contributed by atoms with E-state index in [4.69, 9.17) is 18.0 Å². The minimum atomic E-state index is -0.630. The molecule has 0 aromatic carbocycles. The number of amides is 2. The van der Waals surface area contributed by atoms with Gasteiger partial charge in [-0.25, -0.2) is 0 Å². The molecular formula is C15H29BN4O2S. The van der Waals surface area contributed by atoms with Gasteiger partial charge in [0.25, 0.3) is 0 Å². The molecule has 130 valence electrons. The highest BCUT2D eigenvalue weighted by molar-refractivity contribution is 7.80. The van der Waals surface area contributed by atoms with E-state index in [0.29, 0.717) is 17.5 Å². The smallest absolute Gasteiger partial charge is 0.245 e. The highest BCUT2D eigenvalue weighted by Crippen LogP contribution is 2.19. The molecule has 6 nitrogen and oxygen atoms in total. The van der Waals surface area contributed by atoms with Crippen molar-refractivity contribution in [1.29, 1.82) is 0 Å². The molecule has 8 heteroatoms. The minimum Gasteiger partial charge on any atom is -0.383 e. The van der Waals surface area contributed by atoms with Gasteiger partial charge in [0.1, 0.15) is 13.9 Å². The number of nitrogens with one attached hydrogen (secondary N) is 2. The Bertz CT molecular complexity index is 459.